The Morgan fingerprint density at radius 2 is 1.86 bits per heavy atom. The molecule has 0 atom stereocenters. The lowest BCUT2D eigenvalue weighted by atomic mass is 9.99. The van der Waals surface area contributed by atoms with Crippen molar-refractivity contribution < 1.29 is 19.4 Å². The average Bonchev–Trinajstić information content (AvgIpc) is 2.54. The van der Waals surface area contributed by atoms with E-state index < -0.39 is 5.97 Å². The summed E-state index contributed by atoms with van der Waals surface area (Å²) in [4.78, 5) is 11.4. The summed E-state index contributed by atoms with van der Waals surface area (Å²) >= 11 is 0. The second-order valence-corrected chi connectivity index (χ2v) is 4.88. The topological polar surface area (TPSA) is 79.6 Å². The zero-order valence-corrected chi connectivity index (χ0v) is 11.7. The molecular weight excluding hydrogens is 282 g/mol. The molecule has 0 spiro atoms. The lowest BCUT2D eigenvalue weighted by molar-refractivity contribution is 0.0686. The van der Waals surface area contributed by atoms with Gasteiger partial charge in [-0.2, -0.15) is 5.26 Å². The molecule has 0 bridgehead atoms. The fourth-order valence-electron chi connectivity index (χ4n) is 2.39. The predicted octanol–water partition coefficient (Wildman–Crippen LogP) is 2.89. The number of hydrogen-bond acceptors (Lipinski definition) is 4. The van der Waals surface area contributed by atoms with E-state index in [9.17, 15) is 9.90 Å². The van der Waals surface area contributed by atoms with Crippen LogP contribution in [0.5, 0.6) is 11.5 Å². The molecule has 1 N–H and O–H groups in total. The Morgan fingerprint density at radius 3 is 2.55 bits per heavy atom. The standard InChI is InChI=1S/C17H13NO4/c18-6-5-11-1-3-12(4-2-11)13-9-14(17(19)20)16-15(10-13)21-7-8-22-16/h1-4,9-10H,5,7-8H2,(H,19,20). The minimum Gasteiger partial charge on any atom is -0.486 e. The van der Waals surface area contributed by atoms with Crippen LogP contribution in [0, 0.1) is 11.3 Å². The van der Waals surface area contributed by atoms with Crippen LogP contribution in [-0.4, -0.2) is 24.3 Å². The monoisotopic (exact) mass is 295 g/mol. The molecule has 0 radical (unpaired) electrons. The fourth-order valence-corrected chi connectivity index (χ4v) is 2.39. The number of nitrogens with zero attached hydrogens (tertiary/aromatic N) is 1. The molecule has 22 heavy (non-hydrogen) atoms. The number of nitriles is 1. The summed E-state index contributed by atoms with van der Waals surface area (Å²) in [5.74, 6) is -0.324. The largest absolute Gasteiger partial charge is 0.486 e. The molecule has 1 aliphatic rings. The van der Waals surface area contributed by atoms with Gasteiger partial charge >= 0.3 is 5.97 Å². The number of carboxylic acid groups (broad SMARTS) is 1. The molecule has 0 aliphatic carbocycles. The maximum Gasteiger partial charge on any atom is 0.339 e. The van der Waals surface area contributed by atoms with Crippen LogP contribution < -0.4 is 9.47 Å². The molecular formula is C17H13NO4. The zero-order valence-electron chi connectivity index (χ0n) is 11.7. The van der Waals surface area contributed by atoms with E-state index >= 15 is 0 Å². The van der Waals surface area contributed by atoms with E-state index in [1.165, 1.54) is 0 Å². The molecule has 1 aliphatic heterocycles. The highest BCUT2D eigenvalue weighted by Gasteiger charge is 2.22. The predicted molar refractivity (Wildman–Crippen MR) is 79.1 cm³/mol. The Bertz CT molecular complexity index is 759. The Balaban J connectivity index is 2.05. The van der Waals surface area contributed by atoms with Crippen LogP contribution >= 0.6 is 0 Å². The summed E-state index contributed by atoms with van der Waals surface area (Å²) in [6, 6.07) is 12.9. The molecule has 0 fully saturated rings. The van der Waals surface area contributed by atoms with E-state index in [2.05, 4.69) is 6.07 Å². The van der Waals surface area contributed by atoms with Gasteiger partial charge in [-0.3, -0.25) is 0 Å². The molecule has 3 rings (SSSR count). The maximum atomic E-state index is 11.4. The fraction of sp³-hybridized carbons (Fsp3) is 0.176. The Labute approximate surface area is 127 Å². The number of aromatic carboxylic acids is 1. The third kappa shape index (κ3) is 2.59. The van der Waals surface area contributed by atoms with E-state index in [0.29, 0.717) is 25.4 Å². The lowest BCUT2D eigenvalue weighted by Crippen LogP contribution is -2.18. The van der Waals surface area contributed by atoms with Crippen molar-refractivity contribution in [3.05, 3.63) is 47.5 Å². The highest BCUT2D eigenvalue weighted by atomic mass is 16.6. The second-order valence-electron chi connectivity index (χ2n) is 4.88. The SMILES string of the molecule is N#CCc1ccc(-c2cc3c(c(C(=O)O)c2)OCCO3)cc1. The van der Waals surface area contributed by atoms with E-state index in [0.717, 1.165) is 16.7 Å². The van der Waals surface area contributed by atoms with Gasteiger partial charge in [-0.15, -0.1) is 0 Å². The highest BCUT2D eigenvalue weighted by molar-refractivity contribution is 5.94. The highest BCUT2D eigenvalue weighted by Crippen LogP contribution is 2.38. The third-order valence-electron chi connectivity index (χ3n) is 3.44. The van der Waals surface area contributed by atoms with Crippen molar-refractivity contribution in [1.82, 2.24) is 0 Å². The van der Waals surface area contributed by atoms with E-state index in [-0.39, 0.29) is 11.3 Å². The summed E-state index contributed by atoms with van der Waals surface area (Å²) in [6.45, 7) is 0.742. The molecule has 1 heterocycles. The van der Waals surface area contributed by atoms with Gasteiger partial charge in [0.15, 0.2) is 11.5 Å². The van der Waals surface area contributed by atoms with E-state index in [1.807, 2.05) is 24.3 Å². The summed E-state index contributed by atoms with van der Waals surface area (Å²) in [5, 5.41) is 18.0. The molecule has 2 aromatic rings. The first-order valence-electron chi connectivity index (χ1n) is 6.82. The minimum absolute atomic E-state index is 0.0910. The molecule has 2 aromatic carbocycles. The van der Waals surface area contributed by atoms with Crippen molar-refractivity contribution in [2.45, 2.75) is 6.42 Å². The first kappa shape index (κ1) is 14.0. The summed E-state index contributed by atoms with van der Waals surface area (Å²) < 4.78 is 10.9. The molecule has 0 saturated carbocycles. The van der Waals surface area contributed by atoms with Crippen molar-refractivity contribution in [3.8, 4) is 28.7 Å². The van der Waals surface area contributed by atoms with Gasteiger partial charge < -0.3 is 14.6 Å². The molecule has 0 unspecified atom stereocenters. The van der Waals surface area contributed by atoms with E-state index in [4.69, 9.17) is 14.7 Å². The maximum absolute atomic E-state index is 11.4. The van der Waals surface area contributed by atoms with Gasteiger partial charge in [0.1, 0.15) is 18.8 Å². The van der Waals surface area contributed by atoms with Crippen LogP contribution in [0.15, 0.2) is 36.4 Å². The number of rotatable bonds is 3. The van der Waals surface area contributed by atoms with Crippen molar-refractivity contribution in [2.75, 3.05) is 13.2 Å². The Morgan fingerprint density at radius 1 is 1.14 bits per heavy atom. The summed E-state index contributed by atoms with van der Waals surface area (Å²) in [5.41, 5.74) is 2.61. The molecule has 5 heteroatoms. The van der Waals surface area contributed by atoms with Crippen LogP contribution in [0.25, 0.3) is 11.1 Å². The van der Waals surface area contributed by atoms with Gasteiger partial charge in [0.2, 0.25) is 0 Å². The van der Waals surface area contributed by atoms with Crippen molar-refractivity contribution in [2.24, 2.45) is 0 Å². The van der Waals surface area contributed by atoms with E-state index in [1.54, 1.807) is 12.1 Å². The molecule has 0 saturated heterocycles. The van der Waals surface area contributed by atoms with Gasteiger partial charge in [0, 0.05) is 0 Å². The molecule has 0 aromatic heterocycles. The number of carboxylic acids is 1. The van der Waals surface area contributed by atoms with Gasteiger partial charge in [-0.1, -0.05) is 24.3 Å². The van der Waals surface area contributed by atoms with Crippen LogP contribution in [0.2, 0.25) is 0 Å². The zero-order chi connectivity index (χ0) is 15.5. The normalized spacial score (nSPS) is 12.5. The summed E-state index contributed by atoms with van der Waals surface area (Å²) in [7, 11) is 0. The van der Waals surface area contributed by atoms with Crippen molar-refractivity contribution in [1.29, 1.82) is 5.26 Å². The minimum atomic E-state index is -1.05. The molecule has 0 amide bonds. The van der Waals surface area contributed by atoms with Crippen LogP contribution in [0.1, 0.15) is 15.9 Å². The Hall–Kier alpha value is -3.00. The Kier molecular flexibility index (Phi) is 3.67. The van der Waals surface area contributed by atoms with Crippen molar-refractivity contribution >= 4 is 5.97 Å². The number of hydrogen-bond donors (Lipinski definition) is 1. The van der Waals surface area contributed by atoms with Crippen LogP contribution in [0.4, 0.5) is 0 Å². The second kappa shape index (κ2) is 5.78. The molecule has 5 nitrogen and oxygen atoms in total. The lowest BCUT2D eigenvalue weighted by Gasteiger charge is -2.21. The number of benzene rings is 2. The number of carbonyl (C=O) groups is 1. The molecule has 110 valence electrons. The number of ether oxygens (including phenoxy) is 2. The van der Waals surface area contributed by atoms with Gasteiger partial charge in [0.05, 0.1) is 12.5 Å². The van der Waals surface area contributed by atoms with Crippen molar-refractivity contribution in [3.63, 3.8) is 0 Å². The van der Waals surface area contributed by atoms with Gasteiger partial charge in [-0.25, -0.2) is 4.79 Å². The first-order chi connectivity index (χ1) is 10.7. The van der Waals surface area contributed by atoms with Gasteiger partial charge in [0.25, 0.3) is 0 Å². The number of fused-ring (bicyclic) bond motifs is 1. The quantitative estimate of drug-likeness (QED) is 0.941. The average molecular weight is 295 g/mol. The van der Waals surface area contributed by atoms with Crippen LogP contribution in [0.3, 0.4) is 0 Å². The summed E-state index contributed by atoms with van der Waals surface area (Å²) in [6.07, 6.45) is 0.349. The van der Waals surface area contributed by atoms with Gasteiger partial charge in [-0.05, 0) is 28.8 Å². The third-order valence-corrected chi connectivity index (χ3v) is 3.44. The smallest absolute Gasteiger partial charge is 0.339 e. The first-order valence-corrected chi connectivity index (χ1v) is 6.82. The van der Waals surface area contributed by atoms with Crippen LogP contribution in [-0.2, 0) is 6.42 Å².